The number of para-hydroxylation sites is 1. The SMILES string of the molecule is Cc1c(-c2ccccc2)oc2c(C(=O)OC3OC(C(=O)O)[C@@H](O)[C@H](O)[C@@H]3O)cccc2c1=O. The van der Waals surface area contributed by atoms with E-state index in [0.717, 1.165) is 0 Å². The molecule has 2 heterocycles. The van der Waals surface area contributed by atoms with Gasteiger partial charge in [0.15, 0.2) is 17.1 Å². The summed E-state index contributed by atoms with van der Waals surface area (Å²) >= 11 is 0. The lowest BCUT2D eigenvalue weighted by Crippen LogP contribution is -2.60. The molecule has 0 radical (unpaired) electrons. The van der Waals surface area contributed by atoms with Gasteiger partial charge < -0.3 is 34.3 Å². The van der Waals surface area contributed by atoms with Gasteiger partial charge in [-0.15, -0.1) is 0 Å². The first-order chi connectivity index (χ1) is 15.7. The highest BCUT2D eigenvalue weighted by molar-refractivity contribution is 6.02. The van der Waals surface area contributed by atoms with Crippen LogP contribution in [0, 0.1) is 6.92 Å². The van der Waals surface area contributed by atoms with E-state index in [-0.39, 0.29) is 27.7 Å². The molecule has 1 aliphatic rings. The lowest BCUT2D eigenvalue weighted by atomic mass is 9.99. The van der Waals surface area contributed by atoms with Crippen LogP contribution >= 0.6 is 0 Å². The number of rotatable bonds is 4. The van der Waals surface area contributed by atoms with E-state index in [9.17, 15) is 29.7 Å². The van der Waals surface area contributed by atoms with E-state index < -0.39 is 42.6 Å². The second kappa shape index (κ2) is 8.75. The number of carboxylic acid groups (broad SMARTS) is 1. The zero-order chi connectivity index (χ0) is 23.9. The van der Waals surface area contributed by atoms with Crippen molar-refractivity contribution < 1.29 is 43.9 Å². The van der Waals surface area contributed by atoms with Gasteiger partial charge >= 0.3 is 11.9 Å². The minimum atomic E-state index is -1.93. The third-order valence-electron chi connectivity index (χ3n) is 5.44. The monoisotopic (exact) mass is 456 g/mol. The Morgan fingerprint density at radius 2 is 1.64 bits per heavy atom. The van der Waals surface area contributed by atoms with Crippen LogP contribution in [0.15, 0.2) is 57.7 Å². The number of benzene rings is 2. The second-order valence-electron chi connectivity index (χ2n) is 7.57. The molecule has 3 aromatic rings. The van der Waals surface area contributed by atoms with Gasteiger partial charge in [-0.1, -0.05) is 36.4 Å². The Hall–Kier alpha value is -3.57. The van der Waals surface area contributed by atoms with Crippen molar-refractivity contribution in [2.24, 2.45) is 0 Å². The van der Waals surface area contributed by atoms with E-state index in [4.69, 9.17) is 19.0 Å². The molecule has 33 heavy (non-hydrogen) atoms. The number of aliphatic carboxylic acids is 1. The van der Waals surface area contributed by atoms with E-state index in [1.54, 1.807) is 37.3 Å². The molecule has 0 saturated carbocycles. The Morgan fingerprint density at radius 1 is 0.939 bits per heavy atom. The Labute approximate surface area is 186 Å². The summed E-state index contributed by atoms with van der Waals surface area (Å²) in [5.74, 6) is -2.45. The van der Waals surface area contributed by atoms with Gasteiger partial charge in [-0.3, -0.25) is 4.79 Å². The van der Waals surface area contributed by atoms with E-state index in [1.165, 1.54) is 18.2 Å². The van der Waals surface area contributed by atoms with E-state index in [2.05, 4.69) is 0 Å². The third-order valence-corrected chi connectivity index (χ3v) is 5.44. The van der Waals surface area contributed by atoms with Gasteiger partial charge in [0.05, 0.1) is 5.39 Å². The summed E-state index contributed by atoms with van der Waals surface area (Å²) in [6, 6.07) is 13.0. The van der Waals surface area contributed by atoms with Gasteiger partial charge in [0.25, 0.3) is 0 Å². The maximum absolute atomic E-state index is 12.9. The van der Waals surface area contributed by atoms with Gasteiger partial charge in [-0.25, -0.2) is 9.59 Å². The van der Waals surface area contributed by atoms with Crippen molar-refractivity contribution in [3.05, 3.63) is 69.9 Å². The van der Waals surface area contributed by atoms with Crippen molar-refractivity contribution in [1.82, 2.24) is 0 Å². The van der Waals surface area contributed by atoms with E-state index in [0.29, 0.717) is 11.1 Å². The number of carboxylic acids is 1. The number of hydrogen-bond acceptors (Lipinski definition) is 9. The van der Waals surface area contributed by atoms with Crippen LogP contribution in [0.3, 0.4) is 0 Å². The van der Waals surface area contributed by atoms with Gasteiger partial charge in [-0.05, 0) is 19.1 Å². The molecule has 0 spiro atoms. The fourth-order valence-electron chi connectivity index (χ4n) is 3.65. The molecule has 10 heteroatoms. The maximum atomic E-state index is 12.9. The topological polar surface area (TPSA) is 164 Å². The number of hydrogen-bond donors (Lipinski definition) is 4. The predicted molar refractivity (Wildman–Crippen MR) is 112 cm³/mol. The Balaban J connectivity index is 1.74. The van der Waals surface area contributed by atoms with Gasteiger partial charge in [0.2, 0.25) is 6.29 Å². The Bertz CT molecular complexity index is 1270. The minimum absolute atomic E-state index is 0.0716. The third kappa shape index (κ3) is 4.00. The number of aliphatic hydroxyl groups is 3. The smallest absolute Gasteiger partial charge is 0.344 e. The molecule has 0 bridgehead atoms. The minimum Gasteiger partial charge on any atom is -0.479 e. The first-order valence-corrected chi connectivity index (χ1v) is 9.96. The first-order valence-electron chi connectivity index (χ1n) is 9.96. The quantitative estimate of drug-likeness (QED) is 0.413. The average molecular weight is 456 g/mol. The van der Waals surface area contributed by atoms with Gasteiger partial charge in [-0.2, -0.15) is 0 Å². The molecular formula is C23H20O10. The number of carbonyl (C=O) groups is 2. The summed E-state index contributed by atoms with van der Waals surface area (Å²) in [6.07, 6.45) is -9.60. The van der Waals surface area contributed by atoms with Gasteiger partial charge in [0, 0.05) is 11.1 Å². The van der Waals surface area contributed by atoms with Crippen LogP contribution in [0.1, 0.15) is 15.9 Å². The fraction of sp³-hybridized carbons (Fsp3) is 0.261. The zero-order valence-electron chi connectivity index (χ0n) is 17.2. The van der Waals surface area contributed by atoms with Crippen LogP contribution in [0.5, 0.6) is 0 Å². The number of esters is 1. The lowest BCUT2D eigenvalue weighted by molar-refractivity contribution is -0.278. The number of carbonyl (C=O) groups excluding carboxylic acids is 1. The van der Waals surface area contributed by atoms with Gasteiger partial charge in [0.1, 0.15) is 29.6 Å². The molecule has 1 fully saturated rings. The molecule has 0 amide bonds. The first kappa shape index (κ1) is 22.6. The molecule has 1 saturated heterocycles. The molecule has 10 nitrogen and oxygen atoms in total. The molecule has 1 aliphatic heterocycles. The molecule has 2 unspecified atom stereocenters. The molecule has 0 aliphatic carbocycles. The maximum Gasteiger partial charge on any atom is 0.344 e. The molecule has 172 valence electrons. The van der Waals surface area contributed by atoms with E-state index in [1.807, 2.05) is 0 Å². The highest BCUT2D eigenvalue weighted by Crippen LogP contribution is 2.29. The normalized spacial score (nSPS) is 25.0. The molecule has 4 N–H and O–H groups in total. The average Bonchev–Trinajstić information content (AvgIpc) is 2.81. The molecule has 4 rings (SSSR count). The summed E-state index contributed by atoms with van der Waals surface area (Å²) in [4.78, 5) is 37.1. The summed E-state index contributed by atoms with van der Waals surface area (Å²) in [5.41, 5.74) is 0.349. The molecule has 2 aromatic carbocycles. The van der Waals surface area contributed by atoms with Crippen LogP contribution in [-0.2, 0) is 14.3 Å². The second-order valence-corrected chi connectivity index (χ2v) is 7.57. The van der Waals surface area contributed by atoms with Crippen molar-refractivity contribution in [3.63, 3.8) is 0 Å². The van der Waals surface area contributed by atoms with E-state index >= 15 is 0 Å². The molecule has 1 aromatic heterocycles. The van der Waals surface area contributed by atoms with Crippen LogP contribution in [0.25, 0.3) is 22.3 Å². The van der Waals surface area contributed by atoms with Crippen LogP contribution < -0.4 is 5.43 Å². The van der Waals surface area contributed by atoms with Crippen molar-refractivity contribution in [1.29, 1.82) is 0 Å². The molecular weight excluding hydrogens is 436 g/mol. The Kier molecular flexibility index (Phi) is 6.00. The fourth-order valence-corrected chi connectivity index (χ4v) is 3.65. The summed E-state index contributed by atoms with van der Waals surface area (Å²) in [6.45, 7) is 1.60. The van der Waals surface area contributed by atoms with Crippen molar-refractivity contribution in [2.75, 3.05) is 0 Å². The molecule has 5 atom stereocenters. The van der Waals surface area contributed by atoms with Crippen molar-refractivity contribution >= 4 is 22.9 Å². The number of fused-ring (bicyclic) bond motifs is 1. The largest absolute Gasteiger partial charge is 0.479 e. The van der Waals surface area contributed by atoms with Crippen LogP contribution in [-0.4, -0.2) is 63.1 Å². The highest BCUT2D eigenvalue weighted by Gasteiger charge is 2.48. The van der Waals surface area contributed by atoms with Crippen molar-refractivity contribution in [3.8, 4) is 11.3 Å². The summed E-state index contributed by atoms with van der Waals surface area (Å²) in [7, 11) is 0. The lowest BCUT2D eigenvalue weighted by Gasteiger charge is -2.37. The number of ether oxygens (including phenoxy) is 2. The summed E-state index contributed by atoms with van der Waals surface area (Å²) < 4.78 is 16.0. The van der Waals surface area contributed by atoms with Crippen LogP contribution in [0.4, 0.5) is 0 Å². The number of aliphatic hydroxyl groups excluding tert-OH is 3. The highest BCUT2D eigenvalue weighted by atomic mass is 16.7. The predicted octanol–water partition coefficient (Wildman–Crippen LogP) is 0.817. The standard InChI is InChI=1S/C23H20O10/c1-10-14(24)12-8-5-9-13(19(12)31-18(10)11-6-3-2-4-7-11)22(30)33-23-17(27)15(25)16(26)20(32-23)21(28)29/h2-9,15-17,20,23,25-27H,1H3,(H,28,29)/t15-,16-,17-,20?,23?/m0/s1. The Morgan fingerprint density at radius 3 is 2.30 bits per heavy atom. The zero-order valence-corrected chi connectivity index (χ0v) is 17.2. The summed E-state index contributed by atoms with van der Waals surface area (Å²) in [5, 5.41) is 39.1. The van der Waals surface area contributed by atoms with Crippen LogP contribution in [0.2, 0.25) is 0 Å². The van der Waals surface area contributed by atoms with Crippen molar-refractivity contribution in [2.45, 2.75) is 37.6 Å².